The normalized spacial score (nSPS) is 13.6. The monoisotopic (exact) mass is 533 g/mol. The number of oxime groups is 1. The van der Waals surface area contributed by atoms with Crippen LogP contribution in [0.4, 0.5) is 15.1 Å². The largest absolute Gasteiger partial charge is 0.455 e. The molecule has 34 heavy (non-hydrogen) atoms. The number of nitrogens with one attached hydrogen (secondary N) is 1. The van der Waals surface area contributed by atoms with E-state index in [4.69, 9.17) is 15.7 Å². The lowest BCUT2D eigenvalue weighted by Crippen LogP contribution is -2.32. The fraction of sp³-hybridized carbons (Fsp3) is 0.368. The van der Waals surface area contributed by atoms with Gasteiger partial charge in [-0.1, -0.05) is 5.16 Å². The molecule has 0 bridgehead atoms. The summed E-state index contributed by atoms with van der Waals surface area (Å²) in [6, 6.07) is 2.95. The smallest absolute Gasteiger partial charge is 0.360 e. The maximum Gasteiger partial charge on any atom is 0.360 e. The summed E-state index contributed by atoms with van der Waals surface area (Å²) < 4.78 is 47.5. The number of hydrogen-bond donors (Lipinski definition) is 3. The van der Waals surface area contributed by atoms with Crippen molar-refractivity contribution in [1.82, 2.24) is 4.98 Å². The van der Waals surface area contributed by atoms with Gasteiger partial charge in [0.2, 0.25) is 5.91 Å². The summed E-state index contributed by atoms with van der Waals surface area (Å²) in [5.41, 5.74) is 5.42. The number of amides is 1. The summed E-state index contributed by atoms with van der Waals surface area (Å²) in [6.07, 6.45) is 0. The number of halogens is 1. The summed E-state index contributed by atoms with van der Waals surface area (Å²) in [5.74, 6) is -3.99. The average Bonchev–Trinajstić information content (AvgIpc) is 3.22. The Balaban J connectivity index is 2.37. The highest BCUT2D eigenvalue weighted by molar-refractivity contribution is 7.98. The van der Waals surface area contributed by atoms with Crippen LogP contribution in [-0.4, -0.2) is 48.6 Å². The van der Waals surface area contributed by atoms with Gasteiger partial charge in [-0.15, -0.1) is 11.3 Å². The summed E-state index contributed by atoms with van der Waals surface area (Å²) >= 11 is 0.929. The van der Waals surface area contributed by atoms with Crippen molar-refractivity contribution < 1.29 is 32.3 Å². The Bertz CT molecular complexity index is 1210. The van der Waals surface area contributed by atoms with Gasteiger partial charge in [0, 0.05) is 0 Å². The summed E-state index contributed by atoms with van der Waals surface area (Å²) in [6.45, 7) is 7.93. The van der Waals surface area contributed by atoms with Crippen LogP contribution in [0, 0.1) is 11.7 Å². The minimum absolute atomic E-state index is 0.0421. The molecule has 2 atom stereocenters. The number of nitrogens with zero attached hydrogens (tertiary/aromatic N) is 3. The van der Waals surface area contributed by atoms with Crippen molar-refractivity contribution in [2.45, 2.75) is 38.2 Å². The number of carbonyl (C=O) groups excluding carboxylic acids is 2. The fourth-order valence-corrected chi connectivity index (χ4v) is 6.56. The van der Waals surface area contributed by atoms with Gasteiger partial charge in [-0.05, 0) is 61.3 Å². The molecule has 0 aliphatic heterocycles. The number of ether oxygens (including phenoxy) is 1. The molecule has 4 N–H and O–H groups in total. The van der Waals surface area contributed by atoms with Crippen LogP contribution < -0.4 is 15.1 Å². The minimum Gasteiger partial charge on any atom is -0.455 e. The number of rotatable bonds is 8. The lowest BCUT2D eigenvalue weighted by atomic mass is 10.1. The SMILES string of the molecule is CPN(c1scnc1C(=O)OC(C)(C)C)S(=O)(=O)c1ccc(NC(=O)C(C)C(N)=NO)c(F)c1. The second kappa shape index (κ2) is 10.6. The molecule has 186 valence electrons. The average molecular weight is 534 g/mol. The van der Waals surface area contributed by atoms with Gasteiger partial charge in [0.25, 0.3) is 10.0 Å². The first kappa shape index (κ1) is 27.4. The van der Waals surface area contributed by atoms with Crippen molar-refractivity contribution in [2.75, 3.05) is 16.1 Å². The molecule has 15 heteroatoms. The van der Waals surface area contributed by atoms with E-state index in [0.717, 1.165) is 33.6 Å². The number of sulfonamides is 1. The van der Waals surface area contributed by atoms with E-state index in [-0.39, 0.29) is 30.9 Å². The van der Waals surface area contributed by atoms with Gasteiger partial charge in [-0.3, -0.25) is 4.79 Å². The van der Waals surface area contributed by atoms with Gasteiger partial charge >= 0.3 is 5.97 Å². The van der Waals surface area contributed by atoms with Crippen LogP contribution in [-0.2, 0) is 19.6 Å². The molecule has 0 radical (unpaired) electrons. The van der Waals surface area contributed by atoms with E-state index in [9.17, 15) is 22.4 Å². The zero-order valence-corrected chi connectivity index (χ0v) is 21.6. The van der Waals surface area contributed by atoms with E-state index < -0.39 is 44.1 Å². The van der Waals surface area contributed by atoms with Crippen LogP contribution in [0.2, 0.25) is 0 Å². The number of aromatic nitrogens is 1. The molecule has 2 unspecified atom stereocenters. The standard InChI is InChI=1S/C19H25FN5O6PS2/c1-10(15(21)24-28)16(26)23-13-7-6-11(8-12(13)20)34(29,30)25(32-5)17-14(22-9-33-17)18(27)31-19(2,3)4/h6-10,28,32H,1-5H3,(H2,21,24)(H,23,26). The van der Waals surface area contributed by atoms with E-state index in [1.54, 1.807) is 27.4 Å². The summed E-state index contributed by atoms with van der Waals surface area (Å²) in [4.78, 5) is 28.2. The minimum atomic E-state index is -4.29. The molecule has 1 heterocycles. The van der Waals surface area contributed by atoms with Crippen LogP contribution >= 0.6 is 20.1 Å². The highest BCUT2D eigenvalue weighted by Crippen LogP contribution is 2.38. The van der Waals surface area contributed by atoms with Crippen molar-refractivity contribution in [1.29, 1.82) is 0 Å². The Morgan fingerprint density at radius 2 is 2.03 bits per heavy atom. The number of anilines is 2. The van der Waals surface area contributed by atoms with Crippen LogP contribution in [0.25, 0.3) is 0 Å². The Hall–Kier alpha value is -2.83. The molecule has 11 nitrogen and oxygen atoms in total. The second-order valence-corrected chi connectivity index (χ2v) is 11.7. The number of amidine groups is 1. The third kappa shape index (κ3) is 6.19. The number of carbonyl (C=O) groups is 2. The highest BCUT2D eigenvalue weighted by atomic mass is 32.2. The summed E-state index contributed by atoms with van der Waals surface area (Å²) in [5, 5.41) is 13.7. The number of hydrogen-bond acceptors (Lipinski definition) is 9. The highest BCUT2D eigenvalue weighted by Gasteiger charge is 2.32. The Morgan fingerprint density at radius 3 is 2.56 bits per heavy atom. The quantitative estimate of drug-likeness (QED) is 0.116. The second-order valence-electron chi connectivity index (χ2n) is 7.88. The predicted molar refractivity (Wildman–Crippen MR) is 129 cm³/mol. The summed E-state index contributed by atoms with van der Waals surface area (Å²) in [7, 11) is -4.65. The van der Waals surface area contributed by atoms with Crippen molar-refractivity contribution in [3.05, 3.63) is 35.2 Å². The first-order valence-corrected chi connectivity index (χ1v) is 13.5. The molecule has 2 aromatic rings. The third-order valence-electron chi connectivity index (χ3n) is 4.22. The number of thiazole rings is 1. The van der Waals surface area contributed by atoms with Gasteiger partial charge in [0.05, 0.1) is 22.0 Å². The first-order valence-electron chi connectivity index (χ1n) is 9.70. The molecular weight excluding hydrogens is 508 g/mol. The maximum absolute atomic E-state index is 14.7. The zero-order valence-electron chi connectivity index (χ0n) is 19.0. The van der Waals surface area contributed by atoms with Crippen LogP contribution in [0.15, 0.2) is 33.8 Å². The van der Waals surface area contributed by atoms with E-state index in [1.165, 1.54) is 12.4 Å². The van der Waals surface area contributed by atoms with Gasteiger partial charge in [0.15, 0.2) is 11.5 Å². The lowest BCUT2D eigenvalue weighted by molar-refractivity contribution is -0.117. The van der Waals surface area contributed by atoms with Gasteiger partial charge in [-0.2, -0.15) is 0 Å². The van der Waals surface area contributed by atoms with Gasteiger partial charge in [-0.25, -0.2) is 26.7 Å². The first-order chi connectivity index (χ1) is 15.7. The van der Waals surface area contributed by atoms with Crippen molar-refractivity contribution in [2.24, 2.45) is 16.8 Å². The maximum atomic E-state index is 14.7. The number of nitrogens with two attached hydrogens (primary N) is 1. The molecule has 1 aromatic heterocycles. The Kier molecular flexibility index (Phi) is 8.56. The number of benzene rings is 1. The van der Waals surface area contributed by atoms with Crippen LogP contribution in [0.1, 0.15) is 38.2 Å². The molecule has 0 saturated heterocycles. The van der Waals surface area contributed by atoms with Crippen LogP contribution in [0.5, 0.6) is 0 Å². The molecule has 2 rings (SSSR count). The topological polar surface area (TPSA) is 164 Å². The van der Waals surface area contributed by atoms with E-state index in [0.29, 0.717) is 0 Å². The molecule has 0 spiro atoms. The molecule has 0 aliphatic rings. The molecule has 1 aromatic carbocycles. The van der Waals surface area contributed by atoms with Crippen molar-refractivity contribution in [3.63, 3.8) is 0 Å². The van der Waals surface area contributed by atoms with E-state index in [1.807, 2.05) is 0 Å². The molecule has 0 aliphatic carbocycles. The Labute approximate surface area is 202 Å². The number of esters is 1. The molecule has 1 amide bonds. The van der Waals surface area contributed by atoms with Crippen molar-refractivity contribution >= 4 is 58.5 Å². The van der Waals surface area contributed by atoms with Gasteiger partial charge in [0.1, 0.15) is 16.4 Å². The molecule has 0 fully saturated rings. The Morgan fingerprint density at radius 1 is 1.38 bits per heavy atom. The zero-order chi connectivity index (χ0) is 25.8. The van der Waals surface area contributed by atoms with E-state index in [2.05, 4.69) is 15.5 Å². The molecule has 0 saturated carbocycles. The van der Waals surface area contributed by atoms with Gasteiger partial charge < -0.3 is 21.0 Å². The van der Waals surface area contributed by atoms with Crippen LogP contribution in [0.3, 0.4) is 0 Å². The fourth-order valence-electron chi connectivity index (χ4n) is 2.51. The third-order valence-corrected chi connectivity index (χ3v) is 8.72. The lowest BCUT2D eigenvalue weighted by Gasteiger charge is -2.23. The molecular formula is C19H25FN5O6PS2. The van der Waals surface area contributed by atoms with Crippen molar-refractivity contribution in [3.8, 4) is 0 Å². The van der Waals surface area contributed by atoms with E-state index >= 15 is 0 Å². The predicted octanol–water partition coefficient (Wildman–Crippen LogP) is 2.98.